The Labute approximate surface area is 371 Å². The second-order valence-corrected chi connectivity index (χ2v) is 24.8. The van der Waals surface area contributed by atoms with E-state index in [1.165, 1.54) is 8.61 Å². The summed E-state index contributed by atoms with van der Waals surface area (Å²) in [4.78, 5) is 0.246. The lowest BCUT2D eigenvalue weighted by Gasteiger charge is -2.31. The summed E-state index contributed by atoms with van der Waals surface area (Å²) in [6.45, 7) is 28.6. The molecule has 2 N–H and O–H groups in total. The standard InChI is InChI=1S/C50H68N2O8S2/c1-15-35-29-59-45(51(35)61(55,56)37-21-17-31(18-22-37)47(3,4)5)41-27-33(49(9,10)11)25-39(43(41)53)40-26-34(50(12,13)14)28-42(44(40)54)46-52(36(16-2)30-60-46)62(57,58)38-23-19-32(20-24-38)48(6,7)8/h17-28,35-36,45-46,53-54H,15-16,29-30H2,1-14H3/t35-,36-,45-,46-/m0/s1. The van der Waals surface area contributed by atoms with Crippen LogP contribution < -0.4 is 0 Å². The van der Waals surface area contributed by atoms with E-state index in [1.807, 2.05) is 91.8 Å². The van der Waals surface area contributed by atoms with E-state index in [2.05, 4.69) is 41.5 Å². The molecule has 10 nitrogen and oxygen atoms in total. The first-order valence-corrected chi connectivity index (χ1v) is 24.7. The van der Waals surface area contributed by atoms with Crippen molar-refractivity contribution in [3.05, 3.63) is 106 Å². The third-order valence-corrected chi connectivity index (χ3v) is 16.3. The average Bonchev–Trinajstić information content (AvgIpc) is 3.82. The molecule has 0 aromatic heterocycles. The Kier molecular flexibility index (Phi) is 12.8. The highest BCUT2D eigenvalue weighted by molar-refractivity contribution is 7.89. The number of aromatic hydroxyl groups is 2. The molecule has 2 aliphatic heterocycles. The average molecular weight is 889 g/mol. The van der Waals surface area contributed by atoms with E-state index in [0.29, 0.717) is 12.8 Å². The molecule has 2 saturated heterocycles. The number of phenols is 2. The third-order valence-electron chi connectivity index (χ3n) is 12.4. The molecule has 4 aromatic rings. The first-order valence-electron chi connectivity index (χ1n) is 21.8. The SMILES string of the molecule is CC[C@H]1CO[C@@H](c2cc(C(C)(C)C)cc(-c3cc(C(C)(C)C)cc([C@@H]4OC[C@H](CC)N4S(=O)(=O)c4ccc(C(C)(C)C)cc4)c3O)c2O)N1S(=O)(=O)c1ccc(C(C)(C)C)cc1. The highest BCUT2D eigenvalue weighted by atomic mass is 32.2. The zero-order valence-electron chi connectivity index (χ0n) is 39.1. The first kappa shape index (κ1) is 47.7. The van der Waals surface area contributed by atoms with E-state index in [-0.39, 0.29) is 67.6 Å². The normalized spacial score (nSPS) is 21.2. The van der Waals surface area contributed by atoms with Gasteiger partial charge in [-0.3, -0.25) is 0 Å². The number of nitrogens with zero attached hydrogens (tertiary/aromatic N) is 2. The topological polar surface area (TPSA) is 134 Å². The molecule has 2 heterocycles. The summed E-state index contributed by atoms with van der Waals surface area (Å²) < 4.78 is 74.2. The fourth-order valence-electron chi connectivity index (χ4n) is 8.24. The van der Waals surface area contributed by atoms with Crippen LogP contribution in [0.3, 0.4) is 0 Å². The van der Waals surface area contributed by atoms with Crippen molar-refractivity contribution in [3.8, 4) is 22.6 Å². The number of hydrogen-bond acceptors (Lipinski definition) is 8. The molecule has 4 aromatic carbocycles. The number of benzene rings is 4. The molecule has 0 saturated carbocycles. The zero-order valence-corrected chi connectivity index (χ0v) is 40.8. The van der Waals surface area contributed by atoms with E-state index < -0.39 is 55.4 Å². The minimum absolute atomic E-state index is 0.116. The van der Waals surface area contributed by atoms with Crippen LogP contribution in [-0.2, 0) is 51.2 Å². The molecule has 6 rings (SSSR count). The summed E-state index contributed by atoms with van der Waals surface area (Å²) in [7, 11) is -8.29. The number of sulfonamides is 2. The molecule has 0 radical (unpaired) electrons. The summed E-state index contributed by atoms with van der Waals surface area (Å²) in [6.07, 6.45) is -1.43. The highest BCUT2D eigenvalue weighted by Gasteiger charge is 2.47. The number of ether oxygens (including phenoxy) is 2. The van der Waals surface area contributed by atoms with Crippen LogP contribution in [0.4, 0.5) is 0 Å². The summed E-state index contributed by atoms with van der Waals surface area (Å²) in [5.41, 5.74) is 3.18. The van der Waals surface area contributed by atoms with Crippen molar-refractivity contribution in [1.82, 2.24) is 8.61 Å². The molecule has 2 aliphatic rings. The van der Waals surface area contributed by atoms with Gasteiger partial charge in [0.15, 0.2) is 12.5 Å². The summed E-state index contributed by atoms with van der Waals surface area (Å²) in [6, 6.07) is 20.1. The van der Waals surface area contributed by atoms with Gasteiger partial charge < -0.3 is 19.7 Å². The van der Waals surface area contributed by atoms with Crippen molar-refractivity contribution in [2.45, 2.75) is 166 Å². The molecule has 0 bridgehead atoms. The lowest BCUT2D eigenvalue weighted by atomic mass is 9.80. The molecular formula is C50H68N2O8S2. The van der Waals surface area contributed by atoms with E-state index in [0.717, 1.165) is 22.3 Å². The Bertz CT molecular complexity index is 2330. The molecular weight excluding hydrogens is 821 g/mol. The predicted octanol–water partition coefficient (Wildman–Crippen LogP) is 11.0. The maximum atomic E-state index is 14.7. The van der Waals surface area contributed by atoms with Crippen molar-refractivity contribution in [1.29, 1.82) is 0 Å². The van der Waals surface area contributed by atoms with Crippen LogP contribution >= 0.6 is 0 Å². The predicted molar refractivity (Wildman–Crippen MR) is 246 cm³/mol. The van der Waals surface area contributed by atoms with Gasteiger partial charge in [-0.1, -0.05) is 121 Å². The molecule has 0 spiro atoms. The summed E-state index contributed by atoms with van der Waals surface area (Å²) >= 11 is 0. The van der Waals surface area contributed by atoms with Gasteiger partial charge in [0.25, 0.3) is 0 Å². The van der Waals surface area contributed by atoms with Crippen LogP contribution in [0.15, 0.2) is 82.6 Å². The molecule has 62 heavy (non-hydrogen) atoms. The van der Waals surface area contributed by atoms with Crippen molar-refractivity contribution in [2.75, 3.05) is 13.2 Å². The van der Waals surface area contributed by atoms with Gasteiger partial charge in [-0.25, -0.2) is 16.8 Å². The lowest BCUT2D eigenvalue weighted by molar-refractivity contribution is 0.0654. The van der Waals surface area contributed by atoms with Gasteiger partial charge in [0.1, 0.15) is 11.5 Å². The zero-order chi connectivity index (χ0) is 46.1. The number of rotatable bonds is 9. The molecule has 0 aliphatic carbocycles. The van der Waals surface area contributed by atoms with Crippen LogP contribution in [0.1, 0.15) is 156 Å². The van der Waals surface area contributed by atoms with Crippen LogP contribution in [0, 0.1) is 0 Å². The van der Waals surface area contributed by atoms with Crippen LogP contribution in [-0.4, -0.2) is 61.0 Å². The van der Waals surface area contributed by atoms with Gasteiger partial charge in [-0.2, -0.15) is 8.61 Å². The van der Waals surface area contributed by atoms with Gasteiger partial charge >= 0.3 is 0 Å². The Morgan fingerprint density at radius 2 is 0.790 bits per heavy atom. The minimum Gasteiger partial charge on any atom is -0.507 e. The smallest absolute Gasteiger partial charge is 0.245 e. The quantitative estimate of drug-likeness (QED) is 0.170. The maximum absolute atomic E-state index is 14.7. The maximum Gasteiger partial charge on any atom is 0.245 e. The molecule has 2 fully saturated rings. The lowest BCUT2D eigenvalue weighted by Crippen LogP contribution is -2.38. The van der Waals surface area contributed by atoms with Crippen LogP contribution in [0.2, 0.25) is 0 Å². The van der Waals surface area contributed by atoms with E-state index in [9.17, 15) is 27.0 Å². The van der Waals surface area contributed by atoms with Gasteiger partial charge in [-0.15, -0.1) is 0 Å². The van der Waals surface area contributed by atoms with Gasteiger partial charge in [0.2, 0.25) is 20.0 Å². The van der Waals surface area contributed by atoms with Gasteiger partial charge in [-0.05, 0) is 105 Å². The summed E-state index contributed by atoms with van der Waals surface area (Å²) in [5, 5.41) is 25.1. The van der Waals surface area contributed by atoms with Crippen LogP contribution in [0.5, 0.6) is 11.5 Å². The Morgan fingerprint density at radius 3 is 1.05 bits per heavy atom. The fraction of sp³-hybridized carbons (Fsp3) is 0.520. The van der Waals surface area contributed by atoms with Crippen molar-refractivity contribution >= 4 is 20.0 Å². The highest BCUT2D eigenvalue weighted by Crippen LogP contribution is 2.51. The van der Waals surface area contributed by atoms with E-state index in [4.69, 9.17) is 9.47 Å². The summed E-state index contributed by atoms with van der Waals surface area (Å²) in [5.74, 6) is -0.505. The first-order chi connectivity index (χ1) is 28.5. The molecule has 0 amide bonds. The van der Waals surface area contributed by atoms with Gasteiger partial charge in [0, 0.05) is 22.3 Å². The van der Waals surface area contributed by atoms with Crippen molar-refractivity contribution in [2.24, 2.45) is 0 Å². The number of phenolic OH excluding ortho intramolecular Hbond substituents is 2. The van der Waals surface area contributed by atoms with Crippen LogP contribution in [0.25, 0.3) is 11.1 Å². The third kappa shape index (κ3) is 8.97. The minimum atomic E-state index is -4.15. The van der Waals surface area contributed by atoms with E-state index >= 15 is 0 Å². The fourth-order valence-corrected chi connectivity index (χ4v) is 11.7. The van der Waals surface area contributed by atoms with Gasteiger partial charge in [0.05, 0.1) is 35.1 Å². The largest absolute Gasteiger partial charge is 0.507 e. The number of hydrogen-bond donors (Lipinski definition) is 2. The van der Waals surface area contributed by atoms with E-state index in [1.54, 1.807) is 36.4 Å². The van der Waals surface area contributed by atoms with Crippen molar-refractivity contribution in [3.63, 3.8) is 0 Å². The van der Waals surface area contributed by atoms with Crippen molar-refractivity contribution < 1.29 is 36.5 Å². The Balaban J connectivity index is 1.55. The molecule has 4 atom stereocenters. The Morgan fingerprint density at radius 1 is 0.500 bits per heavy atom. The molecule has 338 valence electrons. The Hall–Kier alpha value is -3.78. The second kappa shape index (κ2) is 16.7. The molecule has 0 unspecified atom stereocenters. The second-order valence-electron chi connectivity index (χ2n) is 21.1. The molecule has 12 heteroatoms. The monoisotopic (exact) mass is 888 g/mol.